The molecule has 2 N–H and O–H groups in total. The van der Waals surface area contributed by atoms with Gasteiger partial charge in [-0.05, 0) is 66.1 Å². The molecule has 4 aromatic rings. The number of furan rings is 1. The molecule has 0 unspecified atom stereocenters. The number of amides is 2. The van der Waals surface area contributed by atoms with Crippen molar-refractivity contribution in [2.45, 2.75) is 0 Å². The third-order valence-corrected chi connectivity index (χ3v) is 7.92. The van der Waals surface area contributed by atoms with E-state index in [0.29, 0.717) is 42.6 Å². The topological polar surface area (TPSA) is 77.8 Å². The van der Waals surface area contributed by atoms with Crippen molar-refractivity contribution >= 4 is 79.4 Å². The molecular formula is C27H22BrClN4O3S2. The molecule has 1 aliphatic heterocycles. The normalized spacial score (nSPS) is 13.3. The van der Waals surface area contributed by atoms with Gasteiger partial charge in [-0.1, -0.05) is 45.7 Å². The van der Waals surface area contributed by atoms with Gasteiger partial charge in [-0.3, -0.25) is 14.9 Å². The first-order valence-electron chi connectivity index (χ1n) is 11.7. The molecule has 5 rings (SSSR count). The second-order valence-electron chi connectivity index (χ2n) is 8.50. The molecule has 2 aromatic heterocycles. The van der Waals surface area contributed by atoms with Crippen LogP contribution in [0.2, 0.25) is 5.02 Å². The molecule has 1 aliphatic rings. The summed E-state index contributed by atoms with van der Waals surface area (Å²) in [6.07, 6.45) is 0. The molecule has 1 saturated heterocycles. The van der Waals surface area contributed by atoms with Gasteiger partial charge < -0.3 is 19.5 Å². The smallest absolute Gasteiger partial charge is 0.293 e. The zero-order valence-electron chi connectivity index (χ0n) is 19.9. The number of carbonyl (C=O) groups excluding carboxylic acids is 2. The Kier molecular flexibility index (Phi) is 8.13. The summed E-state index contributed by atoms with van der Waals surface area (Å²) in [5, 5.41) is 8.21. The number of carbonyl (C=O) groups is 2. The minimum atomic E-state index is -0.455. The number of hydrogen-bond acceptors (Lipinski definition) is 6. The molecule has 0 aliphatic carbocycles. The van der Waals surface area contributed by atoms with E-state index >= 15 is 0 Å². The van der Waals surface area contributed by atoms with E-state index in [0.717, 1.165) is 20.6 Å². The largest absolute Gasteiger partial charge is 0.451 e. The molecule has 0 radical (unpaired) electrons. The Morgan fingerprint density at radius 3 is 2.45 bits per heavy atom. The Morgan fingerprint density at radius 2 is 1.76 bits per heavy atom. The molecule has 0 atom stereocenters. The van der Waals surface area contributed by atoms with E-state index in [4.69, 9.17) is 28.2 Å². The molecule has 2 aromatic carbocycles. The van der Waals surface area contributed by atoms with Gasteiger partial charge in [-0.2, -0.15) is 0 Å². The molecule has 3 heterocycles. The van der Waals surface area contributed by atoms with E-state index in [1.165, 1.54) is 11.3 Å². The van der Waals surface area contributed by atoms with Gasteiger partial charge >= 0.3 is 0 Å². The highest BCUT2D eigenvalue weighted by Crippen LogP contribution is 2.30. The van der Waals surface area contributed by atoms with Crippen molar-refractivity contribution in [1.82, 2.24) is 10.2 Å². The Balaban J connectivity index is 1.15. The van der Waals surface area contributed by atoms with E-state index in [1.807, 2.05) is 58.8 Å². The van der Waals surface area contributed by atoms with Gasteiger partial charge in [0.1, 0.15) is 5.76 Å². The third kappa shape index (κ3) is 6.10. The fraction of sp³-hybridized carbons (Fsp3) is 0.148. The van der Waals surface area contributed by atoms with Crippen molar-refractivity contribution < 1.29 is 14.0 Å². The van der Waals surface area contributed by atoms with Crippen molar-refractivity contribution in [3.8, 4) is 11.3 Å². The van der Waals surface area contributed by atoms with Crippen LogP contribution in [0.15, 0.2) is 81.0 Å². The van der Waals surface area contributed by atoms with Crippen LogP contribution >= 0.6 is 51.1 Å². The molecule has 0 bridgehead atoms. The van der Waals surface area contributed by atoms with E-state index < -0.39 is 5.91 Å². The zero-order chi connectivity index (χ0) is 26.6. The van der Waals surface area contributed by atoms with Crippen molar-refractivity contribution in [2.24, 2.45) is 0 Å². The van der Waals surface area contributed by atoms with E-state index in [1.54, 1.807) is 18.2 Å². The highest BCUT2D eigenvalue weighted by molar-refractivity contribution is 9.10. The maximum absolute atomic E-state index is 12.6. The molecular weight excluding hydrogens is 608 g/mol. The van der Waals surface area contributed by atoms with Crippen LogP contribution in [0.25, 0.3) is 11.3 Å². The summed E-state index contributed by atoms with van der Waals surface area (Å²) < 4.78 is 6.66. The van der Waals surface area contributed by atoms with Gasteiger partial charge in [0.25, 0.3) is 11.8 Å². The number of thiocarbonyl (C=S) groups is 1. The first kappa shape index (κ1) is 26.4. The van der Waals surface area contributed by atoms with E-state index in [2.05, 4.69) is 31.5 Å². The quantitative estimate of drug-likeness (QED) is 0.245. The van der Waals surface area contributed by atoms with Crippen LogP contribution in [0, 0.1) is 0 Å². The lowest BCUT2D eigenvalue weighted by Crippen LogP contribution is -2.48. The summed E-state index contributed by atoms with van der Waals surface area (Å²) in [4.78, 5) is 30.0. The molecule has 7 nitrogen and oxygen atoms in total. The average molecular weight is 630 g/mol. The summed E-state index contributed by atoms with van der Waals surface area (Å²) in [6, 6.07) is 20.2. The number of hydrogen-bond donors (Lipinski definition) is 2. The monoisotopic (exact) mass is 628 g/mol. The molecule has 1 fully saturated rings. The maximum Gasteiger partial charge on any atom is 0.293 e. The van der Waals surface area contributed by atoms with E-state index in [-0.39, 0.29) is 16.8 Å². The number of piperazine rings is 1. The molecule has 2 amide bonds. The van der Waals surface area contributed by atoms with Crippen LogP contribution in [0.5, 0.6) is 0 Å². The predicted octanol–water partition coefficient (Wildman–Crippen LogP) is 6.51. The summed E-state index contributed by atoms with van der Waals surface area (Å²) in [5.41, 5.74) is 2.38. The molecule has 38 heavy (non-hydrogen) atoms. The van der Waals surface area contributed by atoms with E-state index in [9.17, 15) is 9.59 Å². The van der Waals surface area contributed by atoms with Crippen LogP contribution in [0.4, 0.5) is 11.4 Å². The predicted molar refractivity (Wildman–Crippen MR) is 159 cm³/mol. The maximum atomic E-state index is 12.6. The number of nitrogens with one attached hydrogen (secondary N) is 2. The van der Waals surface area contributed by atoms with Crippen molar-refractivity contribution in [1.29, 1.82) is 0 Å². The SMILES string of the molecule is O=C(NC(=S)Nc1ccc(N2CCN(C(=O)c3cccs3)CC2)c(Cl)c1)c1ccc(-c2ccc(Br)cc2)o1. The molecule has 11 heteroatoms. The van der Waals surface area contributed by atoms with Gasteiger partial charge in [0, 0.05) is 41.9 Å². The Hall–Kier alpha value is -3.18. The minimum absolute atomic E-state index is 0.0694. The van der Waals surface area contributed by atoms with Gasteiger partial charge in [0.2, 0.25) is 0 Å². The number of thiophene rings is 1. The van der Waals surface area contributed by atoms with Gasteiger partial charge in [-0.25, -0.2) is 0 Å². The summed E-state index contributed by atoms with van der Waals surface area (Å²) >= 11 is 16.8. The average Bonchev–Trinajstić information content (AvgIpc) is 3.62. The Bertz CT molecular complexity index is 1470. The molecule has 0 spiro atoms. The summed E-state index contributed by atoms with van der Waals surface area (Å²) in [7, 11) is 0. The van der Waals surface area contributed by atoms with Crippen molar-refractivity contribution in [2.75, 3.05) is 36.4 Å². The number of nitrogens with zero attached hydrogens (tertiary/aromatic N) is 2. The molecule has 0 saturated carbocycles. The second-order valence-corrected chi connectivity index (χ2v) is 11.2. The van der Waals surface area contributed by atoms with Gasteiger partial charge in [0.15, 0.2) is 10.9 Å². The van der Waals surface area contributed by atoms with Crippen LogP contribution in [-0.2, 0) is 0 Å². The lowest BCUT2D eigenvalue weighted by molar-refractivity contribution is 0.0751. The van der Waals surface area contributed by atoms with Crippen molar-refractivity contribution in [3.05, 3.63) is 92.2 Å². The van der Waals surface area contributed by atoms with Crippen molar-refractivity contribution in [3.63, 3.8) is 0 Å². The van der Waals surface area contributed by atoms with Gasteiger partial charge in [-0.15, -0.1) is 11.3 Å². The summed E-state index contributed by atoms with van der Waals surface area (Å²) in [5.74, 6) is 0.348. The number of benzene rings is 2. The first-order chi connectivity index (χ1) is 18.4. The lowest BCUT2D eigenvalue weighted by atomic mass is 10.2. The Morgan fingerprint density at radius 1 is 1.00 bits per heavy atom. The summed E-state index contributed by atoms with van der Waals surface area (Å²) in [6.45, 7) is 2.62. The number of halogens is 2. The van der Waals surface area contributed by atoms with Crippen LogP contribution in [0.1, 0.15) is 20.2 Å². The fourth-order valence-corrected chi connectivity index (χ4v) is 5.57. The molecule has 194 valence electrons. The standard InChI is InChI=1S/C27H22BrClN4O3S2/c28-18-5-3-17(4-6-18)22-9-10-23(36-22)25(34)31-27(37)30-19-7-8-21(20(29)16-19)32-11-13-33(14-12-32)26(35)24-2-1-15-38-24/h1-10,15-16H,11-14H2,(H2,30,31,34,37). The fourth-order valence-electron chi connectivity index (χ4n) is 4.10. The highest BCUT2D eigenvalue weighted by atomic mass is 79.9. The first-order valence-corrected chi connectivity index (χ1v) is 14.2. The second kappa shape index (κ2) is 11.7. The van der Waals surface area contributed by atoms with Gasteiger partial charge in [0.05, 0.1) is 15.6 Å². The number of rotatable bonds is 5. The lowest BCUT2D eigenvalue weighted by Gasteiger charge is -2.36. The minimum Gasteiger partial charge on any atom is -0.451 e. The van der Waals surface area contributed by atoms with Crippen LogP contribution in [0.3, 0.4) is 0 Å². The van der Waals surface area contributed by atoms with Crippen LogP contribution in [-0.4, -0.2) is 48.0 Å². The third-order valence-electron chi connectivity index (χ3n) is 6.03. The Labute approximate surface area is 242 Å². The number of anilines is 2. The highest BCUT2D eigenvalue weighted by Gasteiger charge is 2.24. The van der Waals surface area contributed by atoms with Crippen LogP contribution < -0.4 is 15.5 Å². The zero-order valence-corrected chi connectivity index (χ0v) is 23.9.